The number of hydrogen-bond donors (Lipinski definition) is 0. The summed E-state index contributed by atoms with van der Waals surface area (Å²) in [6.45, 7) is 9.77. The van der Waals surface area contributed by atoms with Crippen molar-refractivity contribution in [2.75, 3.05) is 13.1 Å². The fourth-order valence-corrected chi connectivity index (χ4v) is 1.94. The summed E-state index contributed by atoms with van der Waals surface area (Å²) in [7, 11) is 0. The van der Waals surface area contributed by atoms with Gasteiger partial charge in [-0.15, -0.1) is 0 Å². The van der Waals surface area contributed by atoms with Crippen molar-refractivity contribution in [3.63, 3.8) is 0 Å². The van der Waals surface area contributed by atoms with Crippen molar-refractivity contribution >= 4 is 28.6 Å². The van der Waals surface area contributed by atoms with Gasteiger partial charge in [-0.25, -0.2) is 3.11 Å². The van der Waals surface area contributed by atoms with Gasteiger partial charge >= 0.3 is 0 Å². The lowest BCUT2D eigenvalue weighted by Gasteiger charge is -2.16. The van der Waals surface area contributed by atoms with Crippen LogP contribution in [0.15, 0.2) is 0 Å². The molecule has 3 heteroatoms. The van der Waals surface area contributed by atoms with Crippen LogP contribution >= 0.6 is 22.9 Å². The predicted octanol–water partition coefficient (Wildman–Crippen LogP) is 2.52. The summed E-state index contributed by atoms with van der Waals surface area (Å²) in [5.74, 6) is 1.11. The molecular formula is C9H18INO. The second-order valence-electron chi connectivity index (χ2n) is 3.82. The monoisotopic (exact) mass is 283 g/mol. The van der Waals surface area contributed by atoms with Crippen LogP contribution in [-0.2, 0) is 4.79 Å². The van der Waals surface area contributed by atoms with Crippen LogP contribution in [0.1, 0.15) is 27.7 Å². The van der Waals surface area contributed by atoms with E-state index in [1.165, 1.54) is 0 Å². The van der Waals surface area contributed by atoms with Gasteiger partial charge in [0.1, 0.15) is 5.78 Å². The molecule has 0 spiro atoms. The minimum Gasteiger partial charge on any atom is -0.298 e. The molecule has 0 bridgehead atoms. The third kappa shape index (κ3) is 5.94. The fraction of sp³-hybridized carbons (Fsp3) is 0.889. The lowest BCUT2D eigenvalue weighted by Crippen LogP contribution is -2.26. The molecule has 0 fully saturated rings. The van der Waals surface area contributed by atoms with Gasteiger partial charge in [0.15, 0.2) is 0 Å². The highest BCUT2D eigenvalue weighted by molar-refractivity contribution is 14.1. The Bertz CT molecular complexity index is 145. The normalized spacial score (nSPS) is 11.7. The molecule has 0 radical (unpaired) electrons. The first-order valence-corrected chi connectivity index (χ1v) is 5.33. The molecule has 0 aliphatic rings. The van der Waals surface area contributed by atoms with E-state index in [0.717, 1.165) is 6.54 Å². The van der Waals surface area contributed by atoms with Crippen LogP contribution in [0.25, 0.3) is 0 Å². The van der Waals surface area contributed by atoms with Crippen LogP contribution in [-0.4, -0.2) is 22.0 Å². The van der Waals surface area contributed by atoms with E-state index in [4.69, 9.17) is 0 Å². The van der Waals surface area contributed by atoms with Crippen molar-refractivity contribution in [3.05, 3.63) is 0 Å². The number of carbonyl (C=O) groups is 1. The van der Waals surface area contributed by atoms with Crippen LogP contribution in [0.2, 0.25) is 0 Å². The summed E-state index contributed by atoms with van der Waals surface area (Å²) in [4.78, 5) is 11.3. The molecule has 0 rings (SSSR count). The van der Waals surface area contributed by atoms with Crippen LogP contribution in [0, 0.1) is 11.8 Å². The lowest BCUT2D eigenvalue weighted by atomic mass is 10.1. The van der Waals surface area contributed by atoms with E-state index in [-0.39, 0.29) is 5.92 Å². The molecular weight excluding hydrogens is 265 g/mol. The minimum atomic E-state index is 0.162. The van der Waals surface area contributed by atoms with E-state index in [1.54, 1.807) is 0 Å². The topological polar surface area (TPSA) is 20.3 Å². The largest absolute Gasteiger partial charge is 0.298 e. The van der Waals surface area contributed by atoms with E-state index in [1.807, 2.05) is 13.8 Å². The SMILES string of the molecule is CC(C)CN(I)CC(=O)C(C)C. The Balaban J connectivity index is 3.69. The number of ketones is 1. The van der Waals surface area contributed by atoms with Crippen molar-refractivity contribution in [3.8, 4) is 0 Å². The Morgan fingerprint density at radius 3 is 2.17 bits per heavy atom. The molecule has 0 aliphatic heterocycles. The number of hydrogen-bond acceptors (Lipinski definition) is 2. The maximum atomic E-state index is 11.3. The molecule has 2 nitrogen and oxygen atoms in total. The van der Waals surface area contributed by atoms with Gasteiger partial charge in [0.25, 0.3) is 0 Å². The van der Waals surface area contributed by atoms with E-state index in [2.05, 4.69) is 39.8 Å². The summed E-state index contributed by atoms with van der Waals surface area (Å²) >= 11 is 2.22. The molecule has 12 heavy (non-hydrogen) atoms. The average molecular weight is 283 g/mol. The van der Waals surface area contributed by atoms with Crippen molar-refractivity contribution in [2.45, 2.75) is 27.7 Å². The minimum absolute atomic E-state index is 0.162. The second kappa shape index (κ2) is 5.91. The summed E-state index contributed by atoms with van der Waals surface area (Å²) in [6, 6.07) is 0. The van der Waals surface area contributed by atoms with E-state index >= 15 is 0 Å². The number of nitrogens with zero attached hydrogens (tertiary/aromatic N) is 1. The van der Waals surface area contributed by atoms with Gasteiger partial charge in [-0.1, -0.05) is 27.7 Å². The molecule has 0 aromatic heterocycles. The third-order valence-corrected chi connectivity index (χ3v) is 2.27. The highest BCUT2D eigenvalue weighted by Gasteiger charge is 2.11. The maximum Gasteiger partial charge on any atom is 0.150 e. The predicted molar refractivity (Wildman–Crippen MR) is 60.3 cm³/mol. The molecule has 0 aromatic rings. The first-order valence-electron chi connectivity index (χ1n) is 4.37. The zero-order valence-electron chi connectivity index (χ0n) is 8.30. The standard InChI is InChI=1S/C9H18INO/c1-7(2)5-11(10)6-9(12)8(3)4/h7-8H,5-6H2,1-4H3. The smallest absolute Gasteiger partial charge is 0.150 e. The molecule has 0 atom stereocenters. The van der Waals surface area contributed by atoms with Gasteiger partial charge in [-0.05, 0) is 5.92 Å². The number of halogens is 1. The quantitative estimate of drug-likeness (QED) is 0.571. The molecule has 0 unspecified atom stereocenters. The number of Topliss-reactive ketones (excluding diaryl/α,β-unsaturated/α-hetero) is 1. The van der Waals surface area contributed by atoms with Gasteiger partial charge in [0.05, 0.1) is 6.54 Å². The molecule has 0 N–H and O–H groups in total. The zero-order chi connectivity index (χ0) is 9.72. The first kappa shape index (κ1) is 12.4. The van der Waals surface area contributed by atoms with Crippen molar-refractivity contribution in [1.29, 1.82) is 0 Å². The van der Waals surface area contributed by atoms with Gasteiger partial charge in [-0.3, -0.25) is 4.79 Å². The Kier molecular flexibility index (Phi) is 6.09. The molecule has 0 amide bonds. The van der Waals surface area contributed by atoms with Crippen LogP contribution in [0.4, 0.5) is 0 Å². The Morgan fingerprint density at radius 2 is 1.83 bits per heavy atom. The zero-order valence-corrected chi connectivity index (χ0v) is 10.5. The Labute approximate surface area is 89.2 Å². The summed E-state index contributed by atoms with van der Waals surface area (Å²) in [5, 5.41) is 0. The second-order valence-corrected chi connectivity index (χ2v) is 5.18. The first-order chi connectivity index (χ1) is 5.43. The Hall–Kier alpha value is 0.360. The number of carbonyl (C=O) groups excluding carboxylic acids is 1. The molecule has 0 aromatic carbocycles. The van der Waals surface area contributed by atoms with Crippen LogP contribution in [0.3, 0.4) is 0 Å². The summed E-state index contributed by atoms with van der Waals surface area (Å²) in [6.07, 6.45) is 0. The van der Waals surface area contributed by atoms with E-state index < -0.39 is 0 Å². The van der Waals surface area contributed by atoms with Crippen molar-refractivity contribution < 1.29 is 4.79 Å². The summed E-state index contributed by atoms with van der Waals surface area (Å²) < 4.78 is 2.06. The fourth-order valence-electron chi connectivity index (χ4n) is 0.812. The van der Waals surface area contributed by atoms with Gasteiger partial charge in [0.2, 0.25) is 0 Å². The van der Waals surface area contributed by atoms with Gasteiger partial charge in [-0.2, -0.15) is 0 Å². The van der Waals surface area contributed by atoms with Crippen LogP contribution < -0.4 is 0 Å². The van der Waals surface area contributed by atoms with Crippen molar-refractivity contribution in [2.24, 2.45) is 11.8 Å². The van der Waals surface area contributed by atoms with Gasteiger partial charge < -0.3 is 0 Å². The average Bonchev–Trinajstić information content (AvgIpc) is 1.84. The van der Waals surface area contributed by atoms with E-state index in [9.17, 15) is 4.79 Å². The summed E-state index contributed by atoms with van der Waals surface area (Å²) in [5.41, 5.74) is 0. The van der Waals surface area contributed by atoms with Crippen LogP contribution in [0.5, 0.6) is 0 Å². The molecule has 72 valence electrons. The Morgan fingerprint density at radius 1 is 1.33 bits per heavy atom. The molecule has 0 saturated carbocycles. The van der Waals surface area contributed by atoms with E-state index in [0.29, 0.717) is 18.2 Å². The molecule has 0 heterocycles. The van der Waals surface area contributed by atoms with Crippen molar-refractivity contribution in [1.82, 2.24) is 3.11 Å². The lowest BCUT2D eigenvalue weighted by molar-refractivity contribution is -0.121. The highest BCUT2D eigenvalue weighted by Crippen LogP contribution is 2.06. The molecule has 0 aliphatic carbocycles. The number of rotatable bonds is 5. The third-order valence-electron chi connectivity index (χ3n) is 1.53. The maximum absolute atomic E-state index is 11.3. The van der Waals surface area contributed by atoms with Gasteiger partial charge in [0, 0.05) is 35.3 Å². The molecule has 0 saturated heterocycles. The highest BCUT2D eigenvalue weighted by atomic mass is 127.